The largest absolute Gasteiger partial charge is 0.493 e. The number of nitro benzene ring substituents is 1. The number of aryl methyl sites for hydroxylation is 1. The van der Waals surface area contributed by atoms with Gasteiger partial charge in [0, 0.05) is 12.0 Å². The van der Waals surface area contributed by atoms with E-state index in [0.29, 0.717) is 41.2 Å². The number of methoxy groups -OCH3 is 4. The van der Waals surface area contributed by atoms with Crippen LogP contribution in [0.2, 0.25) is 0 Å². The van der Waals surface area contributed by atoms with Crippen molar-refractivity contribution in [3.8, 4) is 23.0 Å². The van der Waals surface area contributed by atoms with Crippen molar-refractivity contribution in [3.63, 3.8) is 0 Å². The molecule has 2 aromatic rings. The van der Waals surface area contributed by atoms with Gasteiger partial charge in [-0.1, -0.05) is 0 Å². The van der Waals surface area contributed by atoms with Crippen LogP contribution >= 0.6 is 0 Å². The molecule has 0 bridgehead atoms. The summed E-state index contributed by atoms with van der Waals surface area (Å²) in [5.74, 6) is 1.52. The third-order valence-electron chi connectivity index (χ3n) is 4.85. The summed E-state index contributed by atoms with van der Waals surface area (Å²) in [5.41, 5.74) is 2.02. The van der Waals surface area contributed by atoms with Crippen molar-refractivity contribution in [1.82, 2.24) is 0 Å². The molecule has 0 aromatic heterocycles. The second kappa shape index (κ2) is 8.22. The maximum Gasteiger partial charge on any atom is 0.280 e. The summed E-state index contributed by atoms with van der Waals surface area (Å²) >= 11 is 0. The van der Waals surface area contributed by atoms with E-state index in [9.17, 15) is 14.9 Å². The van der Waals surface area contributed by atoms with E-state index in [1.165, 1.54) is 39.5 Å². The number of hydrogen-bond acceptors (Lipinski definition) is 7. The van der Waals surface area contributed by atoms with Crippen molar-refractivity contribution in [2.75, 3.05) is 28.4 Å². The minimum absolute atomic E-state index is 0.103. The highest BCUT2D eigenvalue weighted by atomic mass is 16.6. The zero-order valence-corrected chi connectivity index (χ0v) is 16.6. The lowest BCUT2D eigenvalue weighted by atomic mass is 9.85. The van der Waals surface area contributed by atoms with Gasteiger partial charge < -0.3 is 18.9 Å². The van der Waals surface area contributed by atoms with Gasteiger partial charge in [-0.25, -0.2) is 0 Å². The van der Waals surface area contributed by atoms with Gasteiger partial charge in [-0.15, -0.1) is 0 Å². The molecule has 3 rings (SSSR count). The van der Waals surface area contributed by atoms with Crippen LogP contribution in [0.5, 0.6) is 23.0 Å². The first-order valence-electron chi connectivity index (χ1n) is 8.84. The van der Waals surface area contributed by atoms with Crippen LogP contribution in [0.1, 0.15) is 23.1 Å². The number of rotatable bonds is 6. The highest BCUT2D eigenvalue weighted by Gasteiger charge is 2.26. The van der Waals surface area contributed by atoms with Gasteiger partial charge in [0.25, 0.3) is 5.69 Å². The summed E-state index contributed by atoms with van der Waals surface area (Å²) in [5, 5.41) is 11.6. The average molecular weight is 399 g/mol. The minimum atomic E-state index is -0.517. The SMILES string of the molecule is COc1cc(C=C2C(=O)CCc3cc(OC)c(OC)cc32)c([N+](=O)[O-])cc1OC. The van der Waals surface area contributed by atoms with Crippen LogP contribution in [0.3, 0.4) is 0 Å². The van der Waals surface area contributed by atoms with Gasteiger partial charge in [0.05, 0.1) is 45.0 Å². The molecule has 0 saturated carbocycles. The van der Waals surface area contributed by atoms with Crippen LogP contribution in [-0.2, 0) is 11.2 Å². The number of nitrogens with zero attached hydrogens (tertiary/aromatic N) is 1. The number of ether oxygens (including phenoxy) is 4. The molecule has 0 aliphatic heterocycles. The summed E-state index contributed by atoms with van der Waals surface area (Å²) in [6.45, 7) is 0. The molecule has 0 spiro atoms. The fraction of sp³-hybridized carbons (Fsp3) is 0.286. The number of fused-ring (bicyclic) bond motifs is 1. The quantitative estimate of drug-likeness (QED) is 0.415. The standard InChI is InChI=1S/C21H21NO7/c1-26-18-8-12-5-6-17(23)15(14(12)10-20(18)28-3)7-13-9-19(27-2)21(29-4)11-16(13)22(24)25/h7-11H,5-6H2,1-4H3. The molecule has 152 valence electrons. The molecule has 0 amide bonds. The number of nitro groups is 1. The summed E-state index contributed by atoms with van der Waals surface area (Å²) < 4.78 is 21.1. The highest BCUT2D eigenvalue weighted by molar-refractivity contribution is 6.27. The zero-order chi connectivity index (χ0) is 21.1. The van der Waals surface area contributed by atoms with Crippen molar-refractivity contribution in [3.05, 3.63) is 51.1 Å². The number of hydrogen-bond donors (Lipinski definition) is 0. The van der Waals surface area contributed by atoms with E-state index >= 15 is 0 Å². The second-order valence-corrected chi connectivity index (χ2v) is 6.37. The molecular weight excluding hydrogens is 378 g/mol. The van der Waals surface area contributed by atoms with Crippen LogP contribution in [0, 0.1) is 10.1 Å². The molecule has 0 saturated heterocycles. The van der Waals surface area contributed by atoms with Crippen molar-refractivity contribution in [2.24, 2.45) is 0 Å². The number of ketones is 1. The first kappa shape index (κ1) is 20.2. The lowest BCUT2D eigenvalue weighted by molar-refractivity contribution is -0.385. The second-order valence-electron chi connectivity index (χ2n) is 6.37. The molecule has 0 radical (unpaired) electrons. The molecule has 0 atom stereocenters. The molecule has 0 N–H and O–H groups in total. The van der Waals surface area contributed by atoms with E-state index in [1.54, 1.807) is 13.2 Å². The summed E-state index contributed by atoms with van der Waals surface area (Å²) in [4.78, 5) is 23.8. The van der Waals surface area contributed by atoms with E-state index in [0.717, 1.165) is 5.56 Å². The molecule has 29 heavy (non-hydrogen) atoms. The Kier molecular flexibility index (Phi) is 5.72. The zero-order valence-electron chi connectivity index (χ0n) is 16.6. The van der Waals surface area contributed by atoms with Gasteiger partial charge in [-0.3, -0.25) is 14.9 Å². The van der Waals surface area contributed by atoms with Crippen molar-refractivity contribution >= 4 is 23.1 Å². The van der Waals surface area contributed by atoms with E-state index in [4.69, 9.17) is 18.9 Å². The Labute approximate surface area is 167 Å². The molecular formula is C21H21NO7. The minimum Gasteiger partial charge on any atom is -0.493 e. The van der Waals surface area contributed by atoms with Gasteiger partial charge in [0.15, 0.2) is 28.8 Å². The molecule has 0 fully saturated rings. The van der Waals surface area contributed by atoms with Gasteiger partial charge >= 0.3 is 0 Å². The molecule has 0 heterocycles. The number of carbonyl (C=O) groups excluding carboxylic acids is 1. The fourth-order valence-electron chi connectivity index (χ4n) is 3.38. The van der Waals surface area contributed by atoms with E-state index < -0.39 is 4.92 Å². The first-order valence-corrected chi connectivity index (χ1v) is 8.84. The molecule has 2 aromatic carbocycles. The number of benzene rings is 2. The van der Waals surface area contributed by atoms with Crippen molar-refractivity contribution < 1.29 is 28.7 Å². The first-order chi connectivity index (χ1) is 13.9. The van der Waals surface area contributed by atoms with Crippen LogP contribution in [0.4, 0.5) is 5.69 Å². The predicted molar refractivity (Wildman–Crippen MR) is 107 cm³/mol. The summed E-state index contributed by atoms with van der Waals surface area (Å²) in [6, 6.07) is 6.33. The average Bonchev–Trinajstić information content (AvgIpc) is 2.73. The van der Waals surface area contributed by atoms with E-state index in [1.807, 2.05) is 6.07 Å². The monoisotopic (exact) mass is 399 g/mol. The van der Waals surface area contributed by atoms with Gasteiger partial charge in [0.1, 0.15) is 0 Å². The lowest BCUT2D eigenvalue weighted by Gasteiger charge is -2.21. The van der Waals surface area contributed by atoms with Gasteiger partial charge in [0.2, 0.25) is 0 Å². The van der Waals surface area contributed by atoms with Gasteiger partial charge in [-0.2, -0.15) is 0 Å². The molecule has 1 aliphatic carbocycles. The fourth-order valence-corrected chi connectivity index (χ4v) is 3.38. The number of Topliss-reactive ketones (excluding diaryl/α,β-unsaturated/α-hetero) is 1. The molecule has 1 aliphatic rings. The van der Waals surface area contributed by atoms with E-state index in [2.05, 4.69) is 0 Å². The lowest BCUT2D eigenvalue weighted by Crippen LogP contribution is -2.13. The highest BCUT2D eigenvalue weighted by Crippen LogP contribution is 2.40. The Morgan fingerprint density at radius 1 is 0.862 bits per heavy atom. The van der Waals surface area contributed by atoms with Crippen LogP contribution in [0.25, 0.3) is 11.6 Å². The smallest absolute Gasteiger partial charge is 0.280 e. The Morgan fingerprint density at radius 2 is 1.41 bits per heavy atom. The molecule has 8 nitrogen and oxygen atoms in total. The number of allylic oxidation sites excluding steroid dienone is 1. The Hall–Kier alpha value is -3.55. The predicted octanol–water partition coefficient (Wildman–Crippen LogP) is 3.69. The normalized spacial score (nSPS) is 14.3. The van der Waals surface area contributed by atoms with Crippen molar-refractivity contribution in [1.29, 1.82) is 0 Å². The maximum absolute atomic E-state index is 12.7. The van der Waals surface area contributed by atoms with Gasteiger partial charge in [-0.05, 0) is 41.8 Å². The van der Waals surface area contributed by atoms with E-state index in [-0.39, 0.29) is 22.8 Å². The maximum atomic E-state index is 12.7. The summed E-state index contributed by atoms with van der Waals surface area (Å²) in [6.07, 6.45) is 2.38. The van der Waals surface area contributed by atoms with Crippen LogP contribution in [-0.4, -0.2) is 39.1 Å². The third-order valence-corrected chi connectivity index (χ3v) is 4.85. The van der Waals surface area contributed by atoms with Crippen LogP contribution < -0.4 is 18.9 Å². The summed E-state index contributed by atoms with van der Waals surface area (Å²) in [7, 11) is 5.90. The third kappa shape index (κ3) is 3.73. The Morgan fingerprint density at radius 3 is 2.00 bits per heavy atom. The Bertz CT molecular complexity index is 1010. The van der Waals surface area contributed by atoms with Crippen LogP contribution in [0.15, 0.2) is 24.3 Å². The topological polar surface area (TPSA) is 97.1 Å². The van der Waals surface area contributed by atoms with Crippen molar-refractivity contribution in [2.45, 2.75) is 12.8 Å². The molecule has 0 unspecified atom stereocenters. The number of carbonyl (C=O) groups is 1. The Balaban J connectivity index is 2.24. The molecule has 8 heteroatoms.